The Morgan fingerprint density at radius 3 is 2.86 bits per heavy atom. The monoisotopic (exact) mass is 305 g/mol. The van der Waals surface area contributed by atoms with Gasteiger partial charge in [0, 0.05) is 11.4 Å². The average Bonchev–Trinajstić information content (AvgIpc) is 2.98. The number of aromatic hydroxyl groups is 1. The van der Waals surface area contributed by atoms with Gasteiger partial charge in [0.05, 0.1) is 6.54 Å². The van der Waals surface area contributed by atoms with Gasteiger partial charge in [0.25, 0.3) is 5.91 Å². The number of phenols is 1. The van der Waals surface area contributed by atoms with Crippen molar-refractivity contribution in [2.24, 2.45) is 0 Å². The van der Waals surface area contributed by atoms with Gasteiger partial charge in [-0.2, -0.15) is 0 Å². The Morgan fingerprint density at radius 1 is 1.38 bits per heavy atom. The maximum atomic E-state index is 12.2. The molecule has 0 radical (unpaired) electrons. The Kier molecular flexibility index (Phi) is 5.22. The van der Waals surface area contributed by atoms with E-state index in [9.17, 15) is 9.90 Å². The average molecular weight is 305 g/mol. The molecule has 0 saturated carbocycles. The molecule has 0 bridgehead atoms. The summed E-state index contributed by atoms with van der Waals surface area (Å²) >= 11 is 1.63. The lowest BCUT2D eigenvalue weighted by molar-refractivity contribution is -0.133. The number of benzene rings is 1. The fourth-order valence-corrected chi connectivity index (χ4v) is 2.65. The molecule has 5 heteroatoms. The fraction of sp³-hybridized carbons (Fsp3) is 0.312. The first-order valence-electron chi connectivity index (χ1n) is 6.82. The minimum atomic E-state index is -0.0909. The molecule has 1 aromatic carbocycles. The number of nitrogens with zero attached hydrogens (tertiary/aromatic N) is 1. The number of ether oxygens (including phenoxy) is 1. The third kappa shape index (κ3) is 4.23. The van der Waals surface area contributed by atoms with Crippen molar-refractivity contribution in [3.8, 4) is 11.5 Å². The molecule has 1 heterocycles. The number of aryl methyl sites for hydroxylation is 1. The van der Waals surface area contributed by atoms with Crippen LogP contribution in [0.2, 0.25) is 0 Å². The Balaban J connectivity index is 1.94. The van der Waals surface area contributed by atoms with Gasteiger partial charge in [-0.25, -0.2) is 0 Å². The highest BCUT2D eigenvalue weighted by Gasteiger charge is 2.14. The Morgan fingerprint density at radius 2 is 2.19 bits per heavy atom. The van der Waals surface area contributed by atoms with Crippen LogP contribution in [0.4, 0.5) is 0 Å². The maximum absolute atomic E-state index is 12.2. The molecule has 1 amide bonds. The van der Waals surface area contributed by atoms with E-state index >= 15 is 0 Å². The molecule has 0 unspecified atom stereocenters. The quantitative estimate of drug-likeness (QED) is 0.891. The predicted molar refractivity (Wildman–Crippen MR) is 83.7 cm³/mol. The molecular weight excluding hydrogens is 286 g/mol. The van der Waals surface area contributed by atoms with E-state index in [2.05, 4.69) is 0 Å². The number of hydrogen-bond acceptors (Lipinski definition) is 4. The van der Waals surface area contributed by atoms with Gasteiger partial charge in [0.15, 0.2) is 18.1 Å². The molecule has 0 aliphatic rings. The largest absolute Gasteiger partial charge is 0.504 e. The molecule has 2 rings (SSSR count). The SMILES string of the molecule is CCN(Cc1cccs1)C(=O)COc1cc(C)ccc1O. The van der Waals surface area contributed by atoms with E-state index in [1.807, 2.05) is 31.4 Å². The molecule has 4 nitrogen and oxygen atoms in total. The van der Waals surface area contributed by atoms with Crippen molar-refractivity contribution in [3.63, 3.8) is 0 Å². The van der Waals surface area contributed by atoms with Crippen molar-refractivity contribution in [2.45, 2.75) is 20.4 Å². The minimum Gasteiger partial charge on any atom is -0.504 e. The topological polar surface area (TPSA) is 49.8 Å². The van der Waals surface area contributed by atoms with Gasteiger partial charge >= 0.3 is 0 Å². The molecule has 0 aliphatic carbocycles. The summed E-state index contributed by atoms with van der Waals surface area (Å²) in [6, 6.07) is 9.06. The third-order valence-electron chi connectivity index (χ3n) is 3.13. The summed E-state index contributed by atoms with van der Waals surface area (Å²) in [6.45, 7) is 4.99. The zero-order chi connectivity index (χ0) is 15.2. The van der Waals surface area contributed by atoms with Crippen LogP contribution in [0.15, 0.2) is 35.7 Å². The second kappa shape index (κ2) is 7.13. The number of carbonyl (C=O) groups is 1. The molecule has 0 spiro atoms. The van der Waals surface area contributed by atoms with Gasteiger partial charge in [-0.1, -0.05) is 12.1 Å². The first-order valence-corrected chi connectivity index (χ1v) is 7.70. The Hall–Kier alpha value is -2.01. The number of thiophene rings is 1. The zero-order valence-electron chi connectivity index (χ0n) is 12.2. The fourth-order valence-electron chi connectivity index (χ4n) is 1.93. The molecule has 112 valence electrons. The van der Waals surface area contributed by atoms with Gasteiger partial charge in [-0.3, -0.25) is 4.79 Å². The molecule has 2 aromatic rings. The van der Waals surface area contributed by atoms with Crippen LogP contribution in [0.25, 0.3) is 0 Å². The standard InChI is InChI=1S/C16H19NO3S/c1-3-17(10-13-5-4-8-21-13)16(19)11-20-15-9-12(2)6-7-14(15)18/h4-9,18H,3,10-11H2,1-2H3. The summed E-state index contributed by atoms with van der Waals surface area (Å²) in [4.78, 5) is 15.1. The number of amides is 1. The van der Waals surface area contributed by atoms with Crippen LogP contribution in [0.5, 0.6) is 11.5 Å². The van der Waals surface area contributed by atoms with Crippen LogP contribution < -0.4 is 4.74 Å². The van der Waals surface area contributed by atoms with Gasteiger partial charge in [-0.05, 0) is 43.0 Å². The maximum Gasteiger partial charge on any atom is 0.260 e. The molecule has 0 aliphatic heterocycles. The first-order chi connectivity index (χ1) is 10.1. The second-order valence-corrected chi connectivity index (χ2v) is 5.78. The number of hydrogen-bond donors (Lipinski definition) is 1. The number of phenolic OH excluding ortho intramolecular Hbond substituents is 1. The van der Waals surface area contributed by atoms with Crippen molar-refractivity contribution < 1.29 is 14.6 Å². The lowest BCUT2D eigenvalue weighted by atomic mass is 10.2. The summed E-state index contributed by atoms with van der Waals surface area (Å²) in [5, 5.41) is 11.7. The lowest BCUT2D eigenvalue weighted by Crippen LogP contribution is -2.34. The van der Waals surface area contributed by atoms with Gasteiger partial charge in [0.1, 0.15) is 0 Å². The summed E-state index contributed by atoms with van der Waals surface area (Å²) in [7, 11) is 0. The normalized spacial score (nSPS) is 10.4. The van der Waals surface area contributed by atoms with Crippen LogP contribution in [-0.4, -0.2) is 29.1 Å². The third-order valence-corrected chi connectivity index (χ3v) is 3.99. The molecule has 0 fully saturated rings. The summed E-state index contributed by atoms with van der Waals surface area (Å²) in [5.74, 6) is 0.303. The van der Waals surface area contributed by atoms with Crippen LogP contribution in [-0.2, 0) is 11.3 Å². The van der Waals surface area contributed by atoms with Crippen LogP contribution >= 0.6 is 11.3 Å². The molecule has 1 N–H and O–H groups in total. The van der Waals surface area contributed by atoms with Crippen LogP contribution in [0.1, 0.15) is 17.4 Å². The molecule has 1 aromatic heterocycles. The molecule has 0 saturated heterocycles. The predicted octanol–water partition coefficient (Wildman–Crippen LogP) is 3.19. The Labute approximate surface area is 128 Å². The van der Waals surface area contributed by atoms with E-state index < -0.39 is 0 Å². The van der Waals surface area contributed by atoms with E-state index in [1.54, 1.807) is 34.4 Å². The molecule has 0 atom stereocenters. The Bertz CT molecular complexity index is 596. The van der Waals surface area contributed by atoms with Gasteiger partial charge in [-0.15, -0.1) is 11.3 Å². The van der Waals surface area contributed by atoms with Crippen molar-refractivity contribution in [1.29, 1.82) is 0 Å². The van der Waals surface area contributed by atoms with Crippen LogP contribution in [0.3, 0.4) is 0 Å². The summed E-state index contributed by atoms with van der Waals surface area (Å²) in [6.07, 6.45) is 0. The highest BCUT2D eigenvalue weighted by molar-refractivity contribution is 7.09. The summed E-state index contributed by atoms with van der Waals surface area (Å²) < 4.78 is 5.44. The van der Waals surface area contributed by atoms with Crippen molar-refractivity contribution in [3.05, 3.63) is 46.2 Å². The lowest BCUT2D eigenvalue weighted by Gasteiger charge is -2.20. The van der Waals surface area contributed by atoms with Gasteiger partial charge in [0.2, 0.25) is 0 Å². The van der Waals surface area contributed by atoms with Gasteiger partial charge < -0.3 is 14.7 Å². The highest BCUT2D eigenvalue weighted by atomic mass is 32.1. The second-order valence-electron chi connectivity index (χ2n) is 4.75. The van der Waals surface area contributed by atoms with E-state index in [4.69, 9.17) is 4.74 Å². The minimum absolute atomic E-state index is 0.0507. The summed E-state index contributed by atoms with van der Waals surface area (Å²) in [5.41, 5.74) is 0.973. The zero-order valence-corrected chi connectivity index (χ0v) is 13.0. The molecular formula is C16H19NO3S. The van der Waals surface area contributed by atoms with Crippen molar-refractivity contribution in [1.82, 2.24) is 4.90 Å². The van der Waals surface area contributed by atoms with E-state index in [1.165, 1.54) is 0 Å². The van der Waals surface area contributed by atoms with Crippen molar-refractivity contribution in [2.75, 3.05) is 13.2 Å². The first kappa shape index (κ1) is 15.4. The highest BCUT2D eigenvalue weighted by Crippen LogP contribution is 2.26. The number of likely N-dealkylation sites (N-methyl/N-ethyl adjacent to an activating group) is 1. The van der Waals surface area contributed by atoms with Crippen molar-refractivity contribution >= 4 is 17.2 Å². The number of carbonyl (C=O) groups excluding carboxylic acids is 1. The van der Waals surface area contributed by atoms with E-state index in [-0.39, 0.29) is 18.3 Å². The van der Waals surface area contributed by atoms with Crippen LogP contribution in [0, 0.1) is 6.92 Å². The number of rotatable bonds is 6. The smallest absolute Gasteiger partial charge is 0.260 e. The van der Waals surface area contributed by atoms with E-state index in [0.29, 0.717) is 18.8 Å². The van der Waals surface area contributed by atoms with E-state index in [0.717, 1.165) is 10.4 Å². The molecule has 21 heavy (non-hydrogen) atoms.